The molecule has 1 aliphatic rings. The van der Waals surface area contributed by atoms with Crippen LogP contribution in [0, 0.1) is 13.8 Å². The smallest absolute Gasteiger partial charge is 0.260 e. The zero-order valence-electron chi connectivity index (χ0n) is 16.9. The fourth-order valence-corrected chi connectivity index (χ4v) is 3.45. The molecule has 5 heteroatoms. The average Bonchev–Trinajstić information content (AvgIpc) is 2.74. The summed E-state index contributed by atoms with van der Waals surface area (Å²) in [6.07, 6.45) is 0.479. The third kappa shape index (κ3) is 4.53. The first kappa shape index (κ1) is 19.9. The van der Waals surface area contributed by atoms with Gasteiger partial charge in [-0.1, -0.05) is 19.1 Å². The number of carbonyl (C=O) groups is 2. The third-order valence-corrected chi connectivity index (χ3v) is 5.41. The molecule has 1 fully saturated rings. The van der Waals surface area contributed by atoms with Gasteiger partial charge in [-0.15, -0.1) is 0 Å². The SMILES string of the molecule is CCC(=O)c1ccc(OCC(=O)N2CCN(c3cccc(C)c3C)CC2)cc1. The number of carbonyl (C=O) groups excluding carboxylic acids is 2. The number of hydrogen-bond acceptors (Lipinski definition) is 4. The fraction of sp³-hybridized carbons (Fsp3) is 0.391. The van der Waals surface area contributed by atoms with Crippen LogP contribution < -0.4 is 9.64 Å². The molecule has 0 bridgehead atoms. The third-order valence-electron chi connectivity index (χ3n) is 5.41. The predicted molar refractivity (Wildman–Crippen MR) is 111 cm³/mol. The Morgan fingerprint density at radius 3 is 2.29 bits per heavy atom. The summed E-state index contributed by atoms with van der Waals surface area (Å²) >= 11 is 0. The number of benzene rings is 2. The molecule has 1 heterocycles. The molecule has 2 aromatic rings. The Balaban J connectivity index is 1.50. The second-order valence-electron chi connectivity index (χ2n) is 7.18. The average molecular weight is 380 g/mol. The highest BCUT2D eigenvalue weighted by Crippen LogP contribution is 2.24. The normalized spacial score (nSPS) is 14.1. The lowest BCUT2D eigenvalue weighted by Gasteiger charge is -2.37. The molecule has 0 spiro atoms. The van der Waals surface area contributed by atoms with Crippen molar-refractivity contribution >= 4 is 17.4 Å². The van der Waals surface area contributed by atoms with Crippen LogP contribution in [0.5, 0.6) is 5.75 Å². The van der Waals surface area contributed by atoms with Crippen LogP contribution in [-0.2, 0) is 4.79 Å². The molecule has 2 aromatic carbocycles. The van der Waals surface area contributed by atoms with Crippen LogP contribution in [0.25, 0.3) is 0 Å². The van der Waals surface area contributed by atoms with Gasteiger partial charge in [0, 0.05) is 43.9 Å². The van der Waals surface area contributed by atoms with Crippen molar-refractivity contribution < 1.29 is 14.3 Å². The molecule has 0 atom stereocenters. The summed E-state index contributed by atoms with van der Waals surface area (Å²) in [5.74, 6) is 0.702. The lowest BCUT2D eigenvalue weighted by molar-refractivity contribution is -0.133. The topological polar surface area (TPSA) is 49.9 Å². The van der Waals surface area contributed by atoms with Gasteiger partial charge in [-0.3, -0.25) is 9.59 Å². The molecule has 28 heavy (non-hydrogen) atoms. The molecule has 148 valence electrons. The summed E-state index contributed by atoms with van der Waals surface area (Å²) in [4.78, 5) is 28.3. The van der Waals surface area contributed by atoms with Crippen molar-refractivity contribution in [3.63, 3.8) is 0 Å². The number of hydrogen-bond donors (Lipinski definition) is 0. The van der Waals surface area contributed by atoms with Crippen molar-refractivity contribution in [1.29, 1.82) is 0 Å². The molecule has 0 saturated carbocycles. The Morgan fingerprint density at radius 1 is 0.964 bits per heavy atom. The van der Waals surface area contributed by atoms with Crippen molar-refractivity contribution in [3.05, 3.63) is 59.2 Å². The van der Waals surface area contributed by atoms with Crippen molar-refractivity contribution in [3.8, 4) is 5.75 Å². The molecule has 0 radical (unpaired) electrons. The van der Waals surface area contributed by atoms with Gasteiger partial charge in [0.05, 0.1) is 0 Å². The van der Waals surface area contributed by atoms with Gasteiger partial charge in [0.25, 0.3) is 5.91 Å². The highest BCUT2D eigenvalue weighted by atomic mass is 16.5. The Bertz CT molecular complexity index is 837. The molecular formula is C23H28N2O3. The van der Waals surface area contributed by atoms with Gasteiger partial charge in [0.15, 0.2) is 12.4 Å². The van der Waals surface area contributed by atoms with E-state index in [0.29, 0.717) is 30.8 Å². The van der Waals surface area contributed by atoms with Gasteiger partial charge >= 0.3 is 0 Å². The van der Waals surface area contributed by atoms with Gasteiger partial charge in [0.1, 0.15) is 5.75 Å². The van der Waals surface area contributed by atoms with Crippen molar-refractivity contribution in [1.82, 2.24) is 4.90 Å². The van der Waals surface area contributed by atoms with Crippen LogP contribution in [-0.4, -0.2) is 49.4 Å². The molecule has 0 unspecified atom stereocenters. The lowest BCUT2D eigenvalue weighted by Crippen LogP contribution is -2.50. The largest absolute Gasteiger partial charge is 0.484 e. The van der Waals surface area contributed by atoms with Crippen molar-refractivity contribution in [2.24, 2.45) is 0 Å². The van der Waals surface area contributed by atoms with E-state index in [0.717, 1.165) is 13.1 Å². The molecule has 0 aliphatic carbocycles. The summed E-state index contributed by atoms with van der Waals surface area (Å²) in [5, 5.41) is 0. The molecular weight excluding hydrogens is 352 g/mol. The molecule has 1 saturated heterocycles. The van der Waals surface area contributed by atoms with Crippen molar-refractivity contribution in [2.45, 2.75) is 27.2 Å². The van der Waals surface area contributed by atoms with Crippen molar-refractivity contribution in [2.75, 3.05) is 37.7 Å². The van der Waals surface area contributed by atoms with Crippen LogP contribution in [0.2, 0.25) is 0 Å². The molecule has 5 nitrogen and oxygen atoms in total. The summed E-state index contributed by atoms with van der Waals surface area (Å²) in [5.41, 5.74) is 4.51. The van der Waals surface area contributed by atoms with Crippen LogP contribution in [0.3, 0.4) is 0 Å². The Labute approximate surface area is 166 Å². The number of rotatable bonds is 6. The Morgan fingerprint density at radius 2 is 1.64 bits per heavy atom. The molecule has 1 aliphatic heterocycles. The maximum absolute atomic E-state index is 12.5. The van der Waals surface area contributed by atoms with Gasteiger partial charge < -0.3 is 14.5 Å². The van der Waals surface area contributed by atoms with E-state index in [4.69, 9.17) is 4.74 Å². The first-order valence-electron chi connectivity index (χ1n) is 9.84. The summed E-state index contributed by atoms with van der Waals surface area (Å²) < 4.78 is 5.62. The maximum atomic E-state index is 12.5. The van der Waals surface area contributed by atoms with Gasteiger partial charge in [-0.05, 0) is 55.3 Å². The molecule has 0 N–H and O–H groups in total. The van der Waals surface area contributed by atoms with E-state index in [2.05, 4.69) is 36.9 Å². The van der Waals surface area contributed by atoms with Gasteiger partial charge in [-0.2, -0.15) is 0 Å². The monoisotopic (exact) mass is 380 g/mol. The minimum Gasteiger partial charge on any atom is -0.484 e. The summed E-state index contributed by atoms with van der Waals surface area (Å²) in [7, 11) is 0. The van der Waals surface area contributed by atoms with E-state index in [-0.39, 0.29) is 18.3 Å². The van der Waals surface area contributed by atoms with E-state index in [9.17, 15) is 9.59 Å². The van der Waals surface area contributed by atoms with E-state index in [1.54, 1.807) is 24.3 Å². The first-order valence-corrected chi connectivity index (χ1v) is 9.84. The van der Waals surface area contributed by atoms with E-state index in [1.807, 2.05) is 11.8 Å². The molecule has 1 amide bonds. The Hall–Kier alpha value is -2.82. The number of ketones is 1. The number of piperazine rings is 1. The van der Waals surface area contributed by atoms with E-state index < -0.39 is 0 Å². The zero-order chi connectivity index (χ0) is 20.1. The second kappa shape index (κ2) is 8.91. The summed E-state index contributed by atoms with van der Waals surface area (Å²) in [6, 6.07) is 13.3. The van der Waals surface area contributed by atoms with Gasteiger partial charge in [0.2, 0.25) is 0 Å². The molecule has 3 rings (SSSR count). The van der Waals surface area contributed by atoms with Crippen LogP contribution >= 0.6 is 0 Å². The number of anilines is 1. The number of aryl methyl sites for hydroxylation is 1. The number of ether oxygens (including phenoxy) is 1. The number of nitrogens with zero attached hydrogens (tertiary/aromatic N) is 2. The number of Topliss-reactive ketones (excluding diaryl/α,β-unsaturated/α-hetero) is 1. The van der Waals surface area contributed by atoms with Crippen LogP contribution in [0.1, 0.15) is 34.8 Å². The summed E-state index contributed by atoms with van der Waals surface area (Å²) in [6.45, 7) is 9.17. The van der Waals surface area contributed by atoms with Gasteiger partial charge in [-0.25, -0.2) is 0 Å². The fourth-order valence-electron chi connectivity index (χ4n) is 3.45. The number of amides is 1. The highest BCUT2D eigenvalue weighted by molar-refractivity contribution is 5.95. The van der Waals surface area contributed by atoms with Crippen LogP contribution in [0.15, 0.2) is 42.5 Å². The second-order valence-corrected chi connectivity index (χ2v) is 7.18. The standard InChI is InChI=1S/C23H28N2O3/c1-4-22(26)19-8-10-20(11-9-19)28-16-23(27)25-14-12-24(13-15-25)21-7-5-6-17(2)18(21)3/h5-11H,4,12-16H2,1-3H3. The minimum absolute atomic E-state index is 0.00525. The lowest BCUT2D eigenvalue weighted by atomic mass is 10.1. The Kier molecular flexibility index (Phi) is 6.34. The minimum atomic E-state index is -0.00525. The first-order chi connectivity index (χ1) is 13.5. The predicted octanol–water partition coefficient (Wildman–Crippen LogP) is 3.62. The maximum Gasteiger partial charge on any atom is 0.260 e. The quantitative estimate of drug-likeness (QED) is 0.718. The van der Waals surface area contributed by atoms with Crippen LogP contribution in [0.4, 0.5) is 5.69 Å². The zero-order valence-corrected chi connectivity index (χ0v) is 16.9. The van der Waals surface area contributed by atoms with E-state index in [1.165, 1.54) is 16.8 Å². The highest BCUT2D eigenvalue weighted by Gasteiger charge is 2.22. The van der Waals surface area contributed by atoms with E-state index >= 15 is 0 Å². The molecule has 0 aromatic heterocycles.